The minimum Gasteiger partial charge on any atom is -0.462 e. The summed E-state index contributed by atoms with van der Waals surface area (Å²) in [6.45, 7) is 2.70. The summed E-state index contributed by atoms with van der Waals surface area (Å²) in [7, 11) is -10.8. The van der Waals surface area contributed by atoms with E-state index in [0.29, 0.717) is 38.5 Å². The Labute approximate surface area is 420 Å². The number of aliphatic hydroxyl groups is 6. The number of aliphatic hydroxyl groups excluding tert-OH is 6. The van der Waals surface area contributed by atoms with Crippen molar-refractivity contribution in [1.82, 2.24) is 0 Å². The molecular formula is C51H82O18P2. The third-order valence-corrected chi connectivity index (χ3v) is 12.0. The van der Waals surface area contributed by atoms with Crippen LogP contribution in [0.15, 0.2) is 109 Å². The van der Waals surface area contributed by atoms with Gasteiger partial charge in [0.1, 0.15) is 43.2 Å². The van der Waals surface area contributed by atoms with E-state index in [-0.39, 0.29) is 12.8 Å². The molecule has 0 radical (unpaired) electrons. The van der Waals surface area contributed by atoms with E-state index in [0.717, 1.165) is 44.9 Å². The minimum atomic E-state index is -5.40. The van der Waals surface area contributed by atoms with E-state index >= 15 is 0 Å². The zero-order valence-corrected chi connectivity index (χ0v) is 43.1. The normalized spacial score (nSPS) is 22.7. The van der Waals surface area contributed by atoms with Crippen LogP contribution in [0, 0.1) is 0 Å². The highest BCUT2D eigenvalue weighted by atomic mass is 31.2. The van der Waals surface area contributed by atoms with Gasteiger partial charge >= 0.3 is 27.6 Å². The van der Waals surface area contributed by atoms with Crippen LogP contribution >= 0.6 is 15.6 Å². The van der Waals surface area contributed by atoms with E-state index in [1.54, 1.807) is 42.5 Å². The van der Waals surface area contributed by atoms with Crippen molar-refractivity contribution in [3.05, 3.63) is 109 Å². The van der Waals surface area contributed by atoms with Crippen LogP contribution in [-0.4, -0.2) is 125 Å². The summed E-state index contributed by atoms with van der Waals surface area (Å²) < 4.78 is 49.3. The molecule has 10 atom stereocenters. The first-order valence-electron chi connectivity index (χ1n) is 24.7. The molecule has 1 aliphatic carbocycles. The Kier molecular flexibility index (Phi) is 37.0. The van der Waals surface area contributed by atoms with Crippen LogP contribution in [-0.2, 0) is 41.8 Å². The van der Waals surface area contributed by atoms with Crippen molar-refractivity contribution in [2.24, 2.45) is 0 Å². The summed E-state index contributed by atoms with van der Waals surface area (Å²) in [5.41, 5.74) is 0. The molecule has 0 aliphatic heterocycles. The van der Waals surface area contributed by atoms with Crippen LogP contribution in [0.2, 0.25) is 0 Å². The number of carbonyl (C=O) groups excluding carboxylic acids is 2. The highest BCUT2D eigenvalue weighted by Crippen LogP contribution is 2.49. The van der Waals surface area contributed by atoms with Crippen LogP contribution in [0.1, 0.15) is 129 Å². The lowest BCUT2D eigenvalue weighted by molar-refractivity contribution is -0.216. The van der Waals surface area contributed by atoms with Crippen molar-refractivity contribution in [2.75, 3.05) is 13.2 Å². The Morgan fingerprint density at radius 3 is 1.75 bits per heavy atom. The monoisotopic (exact) mass is 1040 g/mol. The fraction of sp³-hybridized carbons (Fsp3) is 0.608. The second kappa shape index (κ2) is 40.0. The molecular weight excluding hydrogens is 962 g/mol. The van der Waals surface area contributed by atoms with Gasteiger partial charge in [-0.15, -0.1) is 0 Å². The third kappa shape index (κ3) is 34.6. The number of carbonyl (C=O) groups is 2. The van der Waals surface area contributed by atoms with Crippen LogP contribution < -0.4 is 0 Å². The van der Waals surface area contributed by atoms with Gasteiger partial charge in [0.15, 0.2) is 6.10 Å². The molecule has 0 spiro atoms. The Bertz CT molecular complexity index is 1820. The molecule has 0 heterocycles. The number of hydrogen-bond acceptors (Lipinski definition) is 15. The SMILES string of the molecule is CC/C=C\C[C@@H](O)/C=C/C=C\C/C=C\C=C\[C@@H](O)/C=C\CCCC(=O)OC[C@H](COP(=O)(O)O[C@H]1C(O)C(O)C(O)[C@@H](OP(=O)(O)O)C1O)OC(=O)CCCCCC/C=C\C/C=C\C/C=C\CCCCC. The summed E-state index contributed by atoms with van der Waals surface area (Å²) >= 11 is 0. The standard InChI is InChI=1S/C51H82O18P2/c1-3-5-7-8-9-10-11-12-13-14-15-16-17-18-22-25-31-38-45(55)67-43(40-66-71(63,64)69-51-48(58)46(56)47(57)50(49(51)59)68-70(60,61)62)39-65-44(54)37-32-26-30-36-42(53)35-29-24-21-19-20-23-28-34-41(52)33-27-6-4-2/h6,9-10,12-13,15-16,20-21,23-24,27-30,34-36,41-43,46-53,56-59H,3-5,7-8,11,14,17-19,22,25-26,31-33,37-40H2,1-2H3,(H,63,64)(H2,60,61,62)/b10-9-,13-12-,16-15-,23-20-,24-21-,27-6-,34-28+,35-29+,36-30-/t41-,42-,43-,46?,47?,48?,49?,50-,51+/m1/s1. The lowest BCUT2D eigenvalue weighted by Gasteiger charge is -2.43. The quantitative estimate of drug-likeness (QED) is 0.00938. The van der Waals surface area contributed by atoms with Crippen LogP contribution in [0.25, 0.3) is 0 Å². The zero-order chi connectivity index (χ0) is 52.8. The molecule has 18 nitrogen and oxygen atoms in total. The summed E-state index contributed by atoms with van der Waals surface area (Å²) in [6, 6.07) is 0. The smallest absolute Gasteiger partial charge is 0.462 e. The van der Waals surface area contributed by atoms with Crippen LogP contribution in [0.4, 0.5) is 0 Å². The summed E-state index contributed by atoms with van der Waals surface area (Å²) in [5, 5.41) is 61.3. The molecule has 71 heavy (non-hydrogen) atoms. The van der Waals surface area contributed by atoms with Gasteiger partial charge in [0, 0.05) is 12.8 Å². The number of phosphoric acid groups is 2. The summed E-state index contributed by atoms with van der Waals surface area (Å²) in [4.78, 5) is 54.4. The molecule has 0 saturated heterocycles. The van der Waals surface area contributed by atoms with E-state index in [4.69, 9.17) is 18.5 Å². The number of hydrogen-bond donors (Lipinski definition) is 9. The topological polar surface area (TPSA) is 296 Å². The van der Waals surface area contributed by atoms with Gasteiger partial charge in [0.25, 0.3) is 0 Å². The maximum absolute atomic E-state index is 13.0. The summed E-state index contributed by atoms with van der Waals surface area (Å²) in [5.74, 6) is -1.43. The number of allylic oxidation sites excluding steroid dienone is 14. The van der Waals surface area contributed by atoms with Gasteiger partial charge in [0.05, 0.1) is 18.8 Å². The van der Waals surface area contributed by atoms with Crippen molar-refractivity contribution in [1.29, 1.82) is 0 Å². The van der Waals surface area contributed by atoms with Gasteiger partial charge in [0.2, 0.25) is 0 Å². The van der Waals surface area contributed by atoms with Gasteiger partial charge < -0.3 is 54.8 Å². The van der Waals surface area contributed by atoms with Gasteiger partial charge in [-0.05, 0) is 77.0 Å². The van der Waals surface area contributed by atoms with Crippen molar-refractivity contribution in [3.8, 4) is 0 Å². The molecule has 1 rings (SSSR count). The largest absolute Gasteiger partial charge is 0.472 e. The summed E-state index contributed by atoms with van der Waals surface area (Å²) in [6.07, 6.45) is 31.0. The Balaban J connectivity index is 2.70. The lowest BCUT2D eigenvalue weighted by atomic mass is 9.85. The number of rotatable bonds is 39. The molecule has 0 amide bonds. The molecule has 9 N–H and O–H groups in total. The maximum atomic E-state index is 13.0. The second-order valence-corrected chi connectivity index (χ2v) is 19.4. The molecule has 0 aromatic heterocycles. The number of ether oxygens (including phenoxy) is 2. The van der Waals surface area contributed by atoms with Crippen LogP contribution in [0.5, 0.6) is 0 Å². The molecule has 1 fully saturated rings. The van der Waals surface area contributed by atoms with Crippen molar-refractivity contribution in [3.63, 3.8) is 0 Å². The Morgan fingerprint density at radius 1 is 0.549 bits per heavy atom. The molecule has 1 aliphatic rings. The van der Waals surface area contributed by atoms with Gasteiger partial charge in [-0.3, -0.25) is 23.2 Å². The highest BCUT2D eigenvalue weighted by molar-refractivity contribution is 7.47. The highest BCUT2D eigenvalue weighted by Gasteiger charge is 2.54. The van der Waals surface area contributed by atoms with Gasteiger partial charge in [-0.1, -0.05) is 149 Å². The first-order chi connectivity index (χ1) is 33.9. The van der Waals surface area contributed by atoms with Crippen LogP contribution in [0.3, 0.4) is 0 Å². The van der Waals surface area contributed by atoms with E-state index < -0.39 is 95.7 Å². The predicted molar refractivity (Wildman–Crippen MR) is 271 cm³/mol. The predicted octanol–water partition coefficient (Wildman–Crippen LogP) is 7.67. The molecule has 5 unspecified atom stereocenters. The molecule has 1 saturated carbocycles. The fourth-order valence-electron chi connectivity index (χ4n) is 6.65. The van der Waals surface area contributed by atoms with E-state index in [9.17, 15) is 64.0 Å². The molecule has 404 valence electrons. The molecule has 0 bridgehead atoms. The number of phosphoric ester groups is 2. The van der Waals surface area contributed by atoms with Crippen molar-refractivity contribution < 1.29 is 87.1 Å². The molecule has 0 aromatic rings. The van der Waals surface area contributed by atoms with Gasteiger partial charge in [-0.25, -0.2) is 9.13 Å². The average molecular weight is 1050 g/mol. The second-order valence-electron chi connectivity index (χ2n) is 16.8. The van der Waals surface area contributed by atoms with Crippen molar-refractivity contribution in [2.45, 2.75) is 184 Å². The third-order valence-electron chi connectivity index (χ3n) is 10.5. The average Bonchev–Trinajstić information content (AvgIpc) is 3.32. The van der Waals surface area contributed by atoms with E-state index in [1.165, 1.54) is 19.3 Å². The Morgan fingerprint density at radius 2 is 1.11 bits per heavy atom. The zero-order valence-electron chi connectivity index (χ0n) is 41.3. The minimum absolute atomic E-state index is 0.0316. The number of esters is 2. The first kappa shape index (κ1) is 65.6. The molecule has 0 aromatic carbocycles. The van der Waals surface area contributed by atoms with E-state index in [1.807, 2.05) is 37.3 Å². The number of unbranched alkanes of at least 4 members (excludes halogenated alkanes) is 8. The van der Waals surface area contributed by atoms with Gasteiger partial charge in [-0.2, -0.15) is 0 Å². The lowest BCUT2D eigenvalue weighted by Crippen LogP contribution is -2.64. The van der Waals surface area contributed by atoms with Crippen molar-refractivity contribution >= 4 is 27.6 Å². The maximum Gasteiger partial charge on any atom is 0.472 e. The molecule has 20 heteroatoms. The fourth-order valence-corrected chi connectivity index (χ4v) is 8.19. The van der Waals surface area contributed by atoms with E-state index in [2.05, 4.69) is 47.9 Å². The first-order valence-corrected chi connectivity index (χ1v) is 27.7. The Hall–Kier alpha value is -3.42.